The number of nitrogens with one attached hydrogen (secondary N) is 2. The van der Waals surface area contributed by atoms with Gasteiger partial charge in [0.2, 0.25) is 5.91 Å². The first kappa shape index (κ1) is 15.9. The SMILES string of the molecule is O=C(CNC[C@@H]1CCCCO1)NCCc1ccc(F)cc1. The van der Waals surface area contributed by atoms with Crippen LogP contribution in [0.2, 0.25) is 0 Å². The lowest BCUT2D eigenvalue weighted by atomic mass is 10.1. The number of carbonyl (C=O) groups is 1. The lowest BCUT2D eigenvalue weighted by Gasteiger charge is -2.22. The van der Waals surface area contributed by atoms with Crippen LogP contribution in [0.1, 0.15) is 24.8 Å². The fourth-order valence-corrected chi connectivity index (χ4v) is 2.37. The Bertz CT molecular complexity index is 430. The number of hydrogen-bond donors (Lipinski definition) is 2. The molecule has 2 N–H and O–H groups in total. The van der Waals surface area contributed by atoms with E-state index >= 15 is 0 Å². The van der Waals surface area contributed by atoms with Gasteiger partial charge in [0.15, 0.2) is 0 Å². The zero-order chi connectivity index (χ0) is 14.9. The molecule has 4 nitrogen and oxygen atoms in total. The number of rotatable bonds is 7. The van der Waals surface area contributed by atoms with Crippen molar-refractivity contribution >= 4 is 5.91 Å². The molecule has 1 aromatic rings. The molecule has 0 aliphatic carbocycles. The van der Waals surface area contributed by atoms with Gasteiger partial charge in [-0.05, 0) is 43.4 Å². The van der Waals surface area contributed by atoms with Crippen LogP contribution in [0.25, 0.3) is 0 Å². The molecule has 0 spiro atoms. The largest absolute Gasteiger partial charge is 0.377 e. The predicted octanol–water partition coefficient (Wildman–Crippen LogP) is 1.64. The van der Waals surface area contributed by atoms with Crippen molar-refractivity contribution in [2.24, 2.45) is 0 Å². The van der Waals surface area contributed by atoms with Crippen LogP contribution in [0.3, 0.4) is 0 Å². The second-order valence-corrected chi connectivity index (χ2v) is 5.35. The number of amides is 1. The Hall–Kier alpha value is -1.46. The Morgan fingerprint density at radius 1 is 1.29 bits per heavy atom. The lowest BCUT2D eigenvalue weighted by Crippen LogP contribution is -2.39. The average molecular weight is 294 g/mol. The molecule has 0 unspecified atom stereocenters. The van der Waals surface area contributed by atoms with Crippen LogP contribution < -0.4 is 10.6 Å². The van der Waals surface area contributed by atoms with Crippen LogP contribution in [-0.2, 0) is 16.0 Å². The molecule has 0 saturated carbocycles. The van der Waals surface area contributed by atoms with Crippen LogP contribution in [0, 0.1) is 5.82 Å². The molecule has 0 aromatic heterocycles. The maximum Gasteiger partial charge on any atom is 0.233 e. The van der Waals surface area contributed by atoms with Crippen molar-refractivity contribution in [3.05, 3.63) is 35.6 Å². The molecule has 1 heterocycles. The van der Waals surface area contributed by atoms with Gasteiger partial charge in [0.05, 0.1) is 12.6 Å². The molecule has 1 saturated heterocycles. The Balaban J connectivity index is 1.54. The smallest absolute Gasteiger partial charge is 0.233 e. The third kappa shape index (κ3) is 6.23. The van der Waals surface area contributed by atoms with Crippen LogP contribution >= 0.6 is 0 Å². The van der Waals surface area contributed by atoms with Gasteiger partial charge < -0.3 is 15.4 Å². The zero-order valence-electron chi connectivity index (χ0n) is 12.2. The van der Waals surface area contributed by atoms with Crippen LogP contribution in [0.4, 0.5) is 4.39 Å². The number of ether oxygens (including phenoxy) is 1. The molecule has 0 bridgehead atoms. The molecule has 1 amide bonds. The summed E-state index contributed by atoms with van der Waals surface area (Å²) in [5, 5.41) is 5.97. The van der Waals surface area contributed by atoms with E-state index in [2.05, 4.69) is 10.6 Å². The predicted molar refractivity (Wildman–Crippen MR) is 79.6 cm³/mol. The van der Waals surface area contributed by atoms with Gasteiger partial charge in [-0.1, -0.05) is 12.1 Å². The minimum atomic E-state index is -0.239. The van der Waals surface area contributed by atoms with E-state index in [4.69, 9.17) is 4.74 Å². The zero-order valence-corrected chi connectivity index (χ0v) is 12.2. The van der Waals surface area contributed by atoms with Crippen LogP contribution in [-0.4, -0.2) is 38.3 Å². The Labute approximate surface area is 125 Å². The summed E-state index contributed by atoms with van der Waals surface area (Å²) in [4.78, 5) is 11.7. The molecule has 5 heteroatoms. The van der Waals surface area contributed by atoms with Crippen LogP contribution in [0.15, 0.2) is 24.3 Å². The first-order valence-corrected chi connectivity index (χ1v) is 7.57. The molecule has 21 heavy (non-hydrogen) atoms. The number of benzene rings is 1. The maximum atomic E-state index is 12.7. The van der Waals surface area contributed by atoms with Gasteiger partial charge in [-0.3, -0.25) is 4.79 Å². The van der Waals surface area contributed by atoms with E-state index in [9.17, 15) is 9.18 Å². The normalized spacial score (nSPS) is 18.4. The number of carbonyl (C=O) groups excluding carboxylic acids is 1. The van der Waals surface area contributed by atoms with Gasteiger partial charge in [0, 0.05) is 19.7 Å². The molecule has 1 aliphatic rings. The van der Waals surface area contributed by atoms with Crippen molar-refractivity contribution in [1.82, 2.24) is 10.6 Å². The highest BCUT2D eigenvalue weighted by Crippen LogP contribution is 2.11. The third-order valence-electron chi connectivity index (χ3n) is 3.58. The minimum absolute atomic E-state index is 0.0204. The summed E-state index contributed by atoms with van der Waals surface area (Å²) in [7, 11) is 0. The molecule has 1 fully saturated rings. The molecule has 1 aromatic carbocycles. The molecule has 1 aliphatic heterocycles. The van der Waals surface area contributed by atoms with Crippen molar-refractivity contribution in [3.63, 3.8) is 0 Å². The van der Waals surface area contributed by atoms with Crippen molar-refractivity contribution in [1.29, 1.82) is 0 Å². The third-order valence-corrected chi connectivity index (χ3v) is 3.58. The molecule has 2 rings (SSSR count). The fraction of sp³-hybridized carbons (Fsp3) is 0.562. The first-order chi connectivity index (χ1) is 10.2. The van der Waals surface area contributed by atoms with E-state index in [-0.39, 0.29) is 17.8 Å². The Morgan fingerprint density at radius 2 is 2.10 bits per heavy atom. The monoisotopic (exact) mass is 294 g/mol. The van der Waals surface area contributed by atoms with Gasteiger partial charge in [-0.25, -0.2) is 4.39 Å². The van der Waals surface area contributed by atoms with Gasteiger partial charge in [-0.15, -0.1) is 0 Å². The number of halogens is 1. The molecule has 116 valence electrons. The lowest BCUT2D eigenvalue weighted by molar-refractivity contribution is -0.120. The maximum absolute atomic E-state index is 12.7. The van der Waals surface area contributed by atoms with E-state index in [0.717, 1.165) is 31.6 Å². The summed E-state index contributed by atoms with van der Waals surface area (Å²) < 4.78 is 18.3. The van der Waals surface area contributed by atoms with E-state index in [1.807, 2.05) is 0 Å². The number of hydrogen-bond acceptors (Lipinski definition) is 3. The van der Waals surface area contributed by atoms with Crippen LogP contribution in [0.5, 0.6) is 0 Å². The summed E-state index contributed by atoms with van der Waals surface area (Å²) in [5.41, 5.74) is 1.01. The van der Waals surface area contributed by atoms with Crippen molar-refractivity contribution < 1.29 is 13.9 Å². The van der Waals surface area contributed by atoms with Crippen molar-refractivity contribution in [2.75, 3.05) is 26.2 Å². The van der Waals surface area contributed by atoms with Crippen molar-refractivity contribution in [3.8, 4) is 0 Å². The quantitative estimate of drug-likeness (QED) is 0.804. The fourth-order valence-electron chi connectivity index (χ4n) is 2.37. The van der Waals surface area contributed by atoms with Gasteiger partial charge in [0.1, 0.15) is 5.82 Å². The van der Waals surface area contributed by atoms with Crippen molar-refractivity contribution in [2.45, 2.75) is 31.8 Å². The highest BCUT2D eigenvalue weighted by atomic mass is 19.1. The van der Waals surface area contributed by atoms with E-state index in [1.165, 1.54) is 18.6 Å². The summed E-state index contributed by atoms with van der Waals surface area (Å²) in [6, 6.07) is 6.34. The summed E-state index contributed by atoms with van der Waals surface area (Å²) >= 11 is 0. The highest BCUT2D eigenvalue weighted by Gasteiger charge is 2.13. The highest BCUT2D eigenvalue weighted by molar-refractivity contribution is 5.77. The molecule has 0 radical (unpaired) electrons. The van der Waals surface area contributed by atoms with Gasteiger partial charge in [0.25, 0.3) is 0 Å². The topological polar surface area (TPSA) is 50.4 Å². The Morgan fingerprint density at radius 3 is 2.81 bits per heavy atom. The molecule has 1 atom stereocenters. The standard InChI is InChI=1S/C16H23FN2O2/c17-14-6-4-13(5-7-14)8-9-19-16(20)12-18-11-15-3-1-2-10-21-15/h4-7,15,18H,1-3,8-12H2,(H,19,20)/t15-/m0/s1. The Kier molecular flexibility index (Phi) is 6.63. The summed E-state index contributed by atoms with van der Waals surface area (Å²) in [5.74, 6) is -0.259. The summed E-state index contributed by atoms with van der Waals surface area (Å²) in [6.07, 6.45) is 4.36. The van der Waals surface area contributed by atoms with E-state index < -0.39 is 0 Å². The second-order valence-electron chi connectivity index (χ2n) is 5.35. The summed E-state index contributed by atoms with van der Waals surface area (Å²) in [6.45, 7) is 2.43. The molecular formula is C16H23FN2O2. The van der Waals surface area contributed by atoms with Gasteiger partial charge >= 0.3 is 0 Å². The average Bonchev–Trinajstić information content (AvgIpc) is 2.50. The van der Waals surface area contributed by atoms with E-state index in [0.29, 0.717) is 19.5 Å². The van der Waals surface area contributed by atoms with E-state index in [1.54, 1.807) is 12.1 Å². The molecular weight excluding hydrogens is 271 g/mol. The minimum Gasteiger partial charge on any atom is -0.377 e. The second kappa shape index (κ2) is 8.74. The first-order valence-electron chi connectivity index (χ1n) is 7.57. The van der Waals surface area contributed by atoms with Gasteiger partial charge in [-0.2, -0.15) is 0 Å².